The van der Waals surface area contributed by atoms with E-state index in [-0.39, 0.29) is 17.9 Å². The summed E-state index contributed by atoms with van der Waals surface area (Å²) in [5, 5.41) is 0. The standard InChI is InChI=1S/C14H17NO3S/c1-18-14(17)11-7-8-15(11)13(16)9-10-5-3-4-6-12(10)19-2/h3-6,11H,7-9H2,1-2H3. The highest BCUT2D eigenvalue weighted by molar-refractivity contribution is 7.98. The predicted octanol–water partition coefficient (Wildman–Crippen LogP) is 1.72. The maximum Gasteiger partial charge on any atom is 0.328 e. The van der Waals surface area contributed by atoms with Gasteiger partial charge in [-0.05, 0) is 24.3 Å². The average Bonchev–Trinajstić information content (AvgIpc) is 2.37. The number of nitrogens with zero attached hydrogens (tertiary/aromatic N) is 1. The zero-order chi connectivity index (χ0) is 13.8. The molecule has 1 aliphatic rings. The number of ether oxygens (including phenoxy) is 1. The third kappa shape index (κ3) is 2.92. The molecular formula is C14H17NO3S. The predicted molar refractivity (Wildman–Crippen MR) is 74.1 cm³/mol. The molecule has 0 bridgehead atoms. The molecule has 0 aliphatic carbocycles. The molecule has 19 heavy (non-hydrogen) atoms. The number of amides is 1. The lowest BCUT2D eigenvalue weighted by atomic mass is 10.0. The molecule has 0 spiro atoms. The molecule has 0 N–H and O–H groups in total. The van der Waals surface area contributed by atoms with Crippen LogP contribution in [0.5, 0.6) is 0 Å². The topological polar surface area (TPSA) is 46.6 Å². The van der Waals surface area contributed by atoms with Crippen LogP contribution in [-0.4, -0.2) is 42.7 Å². The molecular weight excluding hydrogens is 262 g/mol. The Morgan fingerprint density at radius 3 is 2.74 bits per heavy atom. The van der Waals surface area contributed by atoms with Crippen molar-refractivity contribution in [1.29, 1.82) is 0 Å². The van der Waals surface area contributed by atoms with Gasteiger partial charge >= 0.3 is 5.97 Å². The molecule has 1 aromatic carbocycles. The number of rotatable bonds is 4. The second-order valence-corrected chi connectivity index (χ2v) is 5.25. The van der Waals surface area contributed by atoms with E-state index in [1.807, 2.05) is 30.5 Å². The highest BCUT2D eigenvalue weighted by atomic mass is 32.2. The van der Waals surface area contributed by atoms with Gasteiger partial charge in [0.05, 0.1) is 13.5 Å². The number of hydrogen-bond donors (Lipinski definition) is 0. The highest BCUT2D eigenvalue weighted by Crippen LogP contribution is 2.24. The molecule has 0 saturated carbocycles. The Hall–Kier alpha value is -1.49. The Morgan fingerprint density at radius 2 is 2.16 bits per heavy atom. The number of thioether (sulfide) groups is 1. The Balaban J connectivity index is 2.03. The lowest BCUT2D eigenvalue weighted by Crippen LogP contribution is -2.56. The first-order valence-corrected chi connectivity index (χ1v) is 7.39. The third-order valence-electron chi connectivity index (χ3n) is 3.35. The molecule has 1 amide bonds. The minimum Gasteiger partial charge on any atom is -0.467 e. The van der Waals surface area contributed by atoms with Crippen LogP contribution in [0.2, 0.25) is 0 Å². The number of hydrogen-bond acceptors (Lipinski definition) is 4. The Labute approximate surface area is 117 Å². The van der Waals surface area contributed by atoms with Crippen LogP contribution in [-0.2, 0) is 20.7 Å². The van der Waals surface area contributed by atoms with E-state index in [0.29, 0.717) is 19.4 Å². The molecule has 0 radical (unpaired) electrons. The summed E-state index contributed by atoms with van der Waals surface area (Å²) in [5.41, 5.74) is 1.01. The maximum absolute atomic E-state index is 12.2. The Bertz CT molecular complexity index is 489. The van der Waals surface area contributed by atoms with Gasteiger partial charge in [-0.25, -0.2) is 4.79 Å². The fourth-order valence-corrected chi connectivity index (χ4v) is 2.80. The number of carbonyl (C=O) groups is 2. The molecule has 1 aromatic rings. The van der Waals surface area contributed by atoms with Crippen LogP contribution in [0.3, 0.4) is 0 Å². The van der Waals surface area contributed by atoms with Gasteiger partial charge in [-0.1, -0.05) is 18.2 Å². The minimum atomic E-state index is -0.390. The lowest BCUT2D eigenvalue weighted by molar-refractivity contribution is -0.159. The maximum atomic E-state index is 12.2. The smallest absolute Gasteiger partial charge is 0.328 e. The highest BCUT2D eigenvalue weighted by Gasteiger charge is 2.38. The first kappa shape index (κ1) is 13.9. The van der Waals surface area contributed by atoms with Crippen LogP contribution in [0.25, 0.3) is 0 Å². The SMILES string of the molecule is COC(=O)C1CCN1C(=O)Cc1ccccc1SC. The summed E-state index contributed by atoms with van der Waals surface area (Å²) in [4.78, 5) is 26.4. The summed E-state index contributed by atoms with van der Waals surface area (Å²) in [7, 11) is 1.35. The normalized spacial score (nSPS) is 17.8. The van der Waals surface area contributed by atoms with Gasteiger partial charge in [-0.2, -0.15) is 0 Å². The summed E-state index contributed by atoms with van der Waals surface area (Å²) in [6.45, 7) is 0.639. The van der Waals surface area contributed by atoms with Crippen molar-refractivity contribution in [3.8, 4) is 0 Å². The van der Waals surface area contributed by atoms with Gasteiger partial charge in [0.2, 0.25) is 5.91 Å². The quantitative estimate of drug-likeness (QED) is 0.622. The molecule has 2 rings (SSSR count). The molecule has 1 fully saturated rings. The van der Waals surface area contributed by atoms with Gasteiger partial charge in [-0.3, -0.25) is 4.79 Å². The van der Waals surface area contributed by atoms with Crippen LogP contribution in [0.4, 0.5) is 0 Å². The number of esters is 1. The number of carbonyl (C=O) groups excluding carboxylic acids is 2. The van der Waals surface area contributed by atoms with E-state index in [0.717, 1.165) is 10.5 Å². The Morgan fingerprint density at radius 1 is 1.42 bits per heavy atom. The van der Waals surface area contributed by atoms with Crippen molar-refractivity contribution in [2.24, 2.45) is 0 Å². The van der Waals surface area contributed by atoms with Gasteiger partial charge in [0, 0.05) is 11.4 Å². The summed E-state index contributed by atoms with van der Waals surface area (Å²) in [6.07, 6.45) is 3.03. The van der Waals surface area contributed by atoms with E-state index >= 15 is 0 Å². The van der Waals surface area contributed by atoms with Crippen LogP contribution < -0.4 is 0 Å². The average molecular weight is 279 g/mol. The molecule has 1 saturated heterocycles. The first-order chi connectivity index (χ1) is 9.17. The van der Waals surface area contributed by atoms with Crippen LogP contribution in [0.1, 0.15) is 12.0 Å². The van der Waals surface area contributed by atoms with Crippen LogP contribution in [0, 0.1) is 0 Å². The number of benzene rings is 1. The number of likely N-dealkylation sites (tertiary alicyclic amines) is 1. The summed E-state index contributed by atoms with van der Waals surface area (Å²) < 4.78 is 4.69. The van der Waals surface area contributed by atoms with Gasteiger partial charge in [0.15, 0.2) is 0 Å². The van der Waals surface area contributed by atoms with Crippen LogP contribution in [0.15, 0.2) is 29.2 Å². The fraction of sp³-hybridized carbons (Fsp3) is 0.429. The lowest BCUT2D eigenvalue weighted by Gasteiger charge is -2.38. The van der Waals surface area contributed by atoms with Crippen molar-refractivity contribution in [3.05, 3.63) is 29.8 Å². The van der Waals surface area contributed by atoms with Crippen molar-refractivity contribution < 1.29 is 14.3 Å². The monoisotopic (exact) mass is 279 g/mol. The van der Waals surface area contributed by atoms with Crippen LogP contribution >= 0.6 is 11.8 Å². The van der Waals surface area contributed by atoms with Gasteiger partial charge in [0.25, 0.3) is 0 Å². The van der Waals surface area contributed by atoms with Crippen molar-refractivity contribution in [2.45, 2.75) is 23.8 Å². The molecule has 5 heteroatoms. The van der Waals surface area contributed by atoms with E-state index in [2.05, 4.69) is 0 Å². The summed E-state index contributed by atoms with van der Waals surface area (Å²) >= 11 is 1.62. The van der Waals surface area contributed by atoms with E-state index < -0.39 is 0 Å². The van der Waals surface area contributed by atoms with E-state index in [1.165, 1.54) is 7.11 Å². The zero-order valence-corrected chi connectivity index (χ0v) is 11.9. The number of methoxy groups -OCH3 is 1. The molecule has 1 atom stereocenters. The van der Waals surface area contributed by atoms with Gasteiger partial charge in [0.1, 0.15) is 6.04 Å². The largest absolute Gasteiger partial charge is 0.467 e. The minimum absolute atomic E-state index is 0.0110. The Kier molecular flexibility index (Phi) is 4.47. The second-order valence-electron chi connectivity index (χ2n) is 4.40. The van der Waals surface area contributed by atoms with Crippen molar-refractivity contribution in [1.82, 2.24) is 4.90 Å². The molecule has 102 valence electrons. The van der Waals surface area contributed by atoms with Crippen molar-refractivity contribution in [3.63, 3.8) is 0 Å². The molecule has 0 aromatic heterocycles. The first-order valence-electron chi connectivity index (χ1n) is 6.16. The molecule has 1 unspecified atom stereocenters. The molecule has 4 nitrogen and oxygen atoms in total. The van der Waals surface area contributed by atoms with Crippen molar-refractivity contribution >= 4 is 23.6 Å². The fourth-order valence-electron chi connectivity index (χ4n) is 2.18. The van der Waals surface area contributed by atoms with Gasteiger partial charge < -0.3 is 9.64 Å². The van der Waals surface area contributed by atoms with E-state index in [1.54, 1.807) is 16.7 Å². The molecule has 1 heterocycles. The third-order valence-corrected chi connectivity index (χ3v) is 4.19. The second kappa shape index (κ2) is 6.10. The summed E-state index contributed by atoms with van der Waals surface area (Å²) in [6, 6.07) is 7.45. The van der Waals surface area contributed by atoms with E-state index in [9.17, 15) is 9.59 Å². The van der Waals surface area contributed by atoms with E-state index in [4.69, 9.17) is 4.74 Å². The zero-order valence-electron chi connectivity index (χ0n) is 11.1. The summed E-state index contributed by atoms with van der Waals surface area (Å²) in [5.74, 6) is -0.332. The van der Waals surface area contributed by atoms with Gasteiger partial charge in [-0.15, -0.1) is 11.8 Å². The molecule has 1 aliphatic heterocycles. The van der Waals surface area contributed by atoms with Crippen molar-refractivity contribution in [2.75, 3.05) is 19.9 Å².